The zero-order valence-corrected chi connectivity index (χ0v) is 15.6. The number of hydrogen-bond donors (Lipinski definition) is 3. The average Bonchev–Trinajstić information content (AvgIpc) is 3.21. The molecule has 0 saturated carbocycles. The summed E-state index contributed by atoms with van der Waals surface area (Å²) in [6, 6.07) is 7.67. The highest BCUT2D eigenvalue weighted by molar-refractivity contribution is 9.10. The Morgan fingerprint density at radius 2 is 1.96 bits per heavy atom. The van der Waals surface area contributed by atoms with Crippen LogP contribution >= 0.6 is 15.9 Å². The van der Waals surface area contributed by atoms with Gasteiger partial charge in [0.15, 0.2) is 17.4 Å². The van der Waals surface area contributed by atoms with E-state index < -0.39 is 24.5 Å². The molecule has 3 heterocycles. The minimum Gasteiger partial charge on any atom is -0.492 e. The van der Waals surface area contributed by atoms with E-state index in [0.717, 1.165) is 10.0 Å². The lowest BCUT2D eigenvalue weighted by Crippen LogP contribution is -2.33. The quantitative estimate of drug-likeness (QED) is 0.543. The number of halogens is 1. The van der Waals surface area contributed by atoms with Crippen LogP contribution in [0.25, 0.3) is 11.2 Å². The van der Waals surface area contributed by atoms with Crippen LogP contribution in [0.2, 0.25) is 0 Å². The Hall–Kier alpha value is -2.11. The van der Waals surface area contributed by atoms with Crippen molar-refractivity contribution in [1.82, 2.24) is 19.5 Å². The van der Waals surface area contributed by atoms with Crippen molar-refractivity contribution in [3.63, 3.8) is 0 Å². The number of benzene rings is 1. The van der Waals surface area contributed by atoms with Crippen LogP contribution in [0.5, 0.6) is 5.88 Å². The van der Waals surface area contributed by atoms with Crippen LogP contribution in [0.1, 0.15) is 11.8 Å². The molecular formula is C17H17BrN4O5. The lowest BCUT2D eigenvalue weighted by atomic mass is 10.1. The first-order valence-electron chi connectivity index (χ1n) is 8.25. The second kappa shape index (κ2) is 7.49. The van der Waals surface area contributed by atoms with Gasteiger partial charge in [-0.15, -0.1) is 0 Å². The molecule has 3 aromatic rings. The number of aliphatic hydroxyl groups is 2. The van der Waals surface area contributed by atoms with E-state index in [2.05, 4.69) is 30.9 Å². The van der Waals surface area contributed by atoms with Gasteiger partial charge in [-0.1, -0.05) is 34.1 Å². The molecule has 4 rings (SSSR count). The van der Waals surface area contributed by atoms with Crippen molar-refractivity contribution >= 4 is 27.1 Å². The number of aromatic nitrogens is 4. The summed E-state index contributed by atoms with van der Waals surface area (Å²) < 4.78 is 13.8. The summed E-state index contributed by atoms with van der Waals surface area (Å²) in [7, 11) is 0. The third-order valence-corrected chi connectivity index (χ3v) is 5.22. The molecule has 1 aliphatic heterocycles. The second-order valence-corrected chi connectivity index (χ2v) is 7.03. The first kappa shape index (κ1) is 18.3. The molecule has 1 aliphatic rings. The standard InChI is InChI=1S/C17H17BrN4O5/c18-10-4-2-1-3-9(10)5-26-6-11-13(23)14(24)17(27-11)22-8-21-12-15(22)19-7-20-16(12)25/h1-4,7-8,11,13-14,17,23-24H,5-6H2,(H,19,20,25)/t11-,13-,14-,17-/m1/s1. The first-order chi connectivity index (χ1) is 13.1. The van der Waals surface area contributed by atoms with Gasteiger partial charge in [-0.3, -0.25) is 4.57 Å². The smallest absolute Gasteiger partial charge is 0.242 e. The predicted octanol–water partition coefficient (Wildman–Crippen LogP) is 1.13. The topological polar surface area (TPSA) is 123 Å². The average molecular weight is 437 g/mol. The minimum atomic E-state index is -1.20. The summed E-state index contributed by atoms with van der Waals surface area (Å²) in [5, 5.41) is 30.5. The number of ether oxygens (including phenoxy) is 2. The van der Waals surface area contributed by atoms with Gasteiger partial charge in [-0.05, 0) is 11.6 Å². The number of aliphatic hydroxyl groups excluding tert-OH is 2. The van der Waals surface area contributed by atoms with E-state index in [1.54, 1.807) is 0 Å². The van der Waals surface area contributed by atoms with Gasteiger partial charge < -0.3 is 24.8 Å². The van der Waals surface area contributed by atoms with Crippen molar-refractivity contribution in [3.05, 3.63) is 47.0 Å². The summed E-state index contributed by atoms with van der Waals surface area (Å²) >= 11 is 3.45. The van der Waals surface area contributed by atoms with Gasteiger partial charge >= 0.3 is 0 Å². The summed E-state index contributed by atoms with van der Waals surface area (Å²) in [6.07, 6.45) is -1.40. The van der Waals surface area contributed by atoms with Crippen LogP contribution in [-0.2, 0) is 16.1 Å². The normalized spacial score (nSPS) is 25.3. The number of hydrogen-bond acceptors (Lipinski definition) is 8. The molecule has 1 saturated heterocycles. The van der Waals surface area contributed by atoms with E-state index >= 15 is 0 Å². The Kier molecular flexibility index (Phi) is 5.06. The third kappa shape index (κ3) is 3.42. The molecule has 9 nitrogen and oxygen atoms in total. The van der Waals surface area contributed by atoms with Gasteiger partial charge in [-0.25, -0.2) is 9.97 Å². The number of imidazole rings is 1. The van der Waals surface area contributed by atoms with E-state index in [1.807, 2.05) is 24.3 Å². The van der Waals surface area contributed by atoms with Gasteiger partial charge in [0.1, 0.15) is 24.6 Å². The van der Waals surface area contributed by atoms with Crippen LogP contribution in [-0.4, -0.2) is 59.8 Å². The van der Waals surface area contributed by atoms with Crippen molar-refractivity contribution in [1.29, 1.82) is 0 Å². The molecule has 0 unspecified atom stereocenters. The Bertz CT molecular complexity index is 952. The van der Waals surface area contributed by atoms with E-state index in [4.69, 9.17) is 9.47 Å². The molecule has 0 spiro atoms. The van der Waals surface area contributed by atoms with E-state index in [-0.39, 0.29) is 18.0 Å². The molecule has 1 aromatic carbocycles. The molecular weight excluding hydrogens is 420 g/mol. The zero-order chi connectivity index (χ0) is 19.0. The van der Waals surface area contributed by atoms with Crippen molar-refractivity contribution in [2.75, 3.05) is 6.61 Å². The molecule has 0 amide bonds. The maximum atomic E-state index is 10.4. The van der Waals surface area contributed by atoms with Crippen LogP contribution in [0.15, 0.2) is 41.4 Å². The SMILES string of the molecule is Oc1ncnc2c1ncn2[C@@H]1O[C@H](COCc2ccccc2Br)[C@@H](O)[C@H]1O. The highest BCUT2D eigenvalue weighted by Crippen LogP contribution is 2.32. The van der Waals surface area contributed by atoms with Crippen molar-refractivity contribution in [2.24, 2.45) is 0 Å². The summed E-state index contributed by atoms with van der Waals surface area (Å²) in [4.78, 5) is 11.8. The van der Waals surface area contributed by atoms with Crippen LogP contribution < -0.4 is 0 Å². The maximum Gasteiger partial charge on any atom is 0.242 e. The third-order valence-electron chi connectivity index (χ3n) is 4.45. The Labute approximate surface area is 162 Å². The van der Waals surface area contributed by atoms with E-state index in [9.17, 15) is 15.3 Å². The fourth-order valence-corrected chi connectivity index (χ4v) is 3.42. The largest absolute Gasteiger partial charge is 0.492 e. The number of aromatic hydroxyl groups is 1. The van der Waals surface area contributed by atoms with Gasteiger partial charge in [0.25, 0.3) is 0 Å². The van der Waals surface area contributed by atoms with Gasteiger partial charge in [0.2, 0.25) is 5.88 Å². The van der Waals surface area contributed by atoms with Gasteiger partial charge in [-0.2, -0.15) is 4.98 Å². The van der Waals surface area contributed by atoms with Crippen LogP contribution in [0.3, 0.4) is 0 Å². The number of fused-ring (bicyclic) bond motifs is 1. The molecule has 0 aliphatic carbocycles. The lowest BCUT2D eigenvalue weighted by molar-refractivity contribution is -0.0683. The maximum absolute atomic E-state index is 10.4. The molecule has 142 valence electrons. The Morgan fingerprint density at radius 3 is 2.78 bits per heavy atom. The van der Waals surface area contributed by atoms with Crippen LogP contribution in [0, 0.1) is 0 Å². The highest BCUT2D eigenvalue weighted by Gasteiger charge is 2.44. The fourth-order valence-electron chi connectivity index (χ4n) is 3.02. The van der Waals surface area contributed by atoms with Crippen molar-refractivity contribution in [2.45, 2.75) is 31.1 Å². The second-order valence-electron chi connectivity index (χ2n) is 6.17. The molecule has 10 heteroatoms. The monoisotopic (exact) mass is 436 g/mol. The first-order valence-corrected chi connectivity index (χ1v) is 9.05. The highest BCUT2D eigenvalue weighted by atomic mass is 79.9. The number of rotatable bonds is 5. The molecule has 0 bridgehead atoms. The summed E-state index contributed by atoms with van der Waals surface area (Å²) in [5.41, 5.74) is 1.46. The summed E-state index contributed by atoms with van der Waals surface area (Å²) in [6.45, 7) is 0.437. The summed E-state index contributed by atoms with van der Waals surface area (Å²) in [5.74, 6) is -0.264. The Morgan fingerprint density at radius 1 is 1.15 bits per heavy atom. The zero-order valence-electron chi connectivity index (χ0n) is 14.0. The van der Waals surface area contributed by atoms with E-state index in [1.165, 1.54) is 17.2 Å². The van der Waals surface area contributed by atoms with Crippen molar-refractivity contribution in [3.8, 4) is 5.88 Å². The Balaban J connectivity index is 1.46. The molecule has 27 heavy (non-hydrogen) atoms. The van der Waals surface area contributed by atoms with E-state index in [0.29, 0.717) is 12.3 Å². The molecule has 1 fully saturated rings. The van der Waals surface area contributed by atoms with Crippen molar-refractivity contribution < 1.29 is 24.8 Å². The predicted molar refractivity (Wildman–Crippen MR) is 96.7 cm³/mol. The molecule has 4 atom stereocenters. The fraction of sp³-hybridized carbons (Fsp3) is 0.353. The van der Waals surface area contributed by atoms with Crippen LogP contribution in [0.4, 0.5) is 0 Å². The molecule has 0 radical (unpaired) electrons. The van der Waals surface area contributed by atoms with Gasteiger partial charge in [0, 0.05) is 4.47 Å². The lowest BCUT2D eigenvalue weighted by Gasteiger charge is -2.16. The minimum absolute atomic E-state index is 0.100. The van der Waals surface area contributed by atoms with Gasteiger partial charge in [0.05, 0.1) is 19.5 Å². The molecule has 2 aromatic heterocycles. The molecule has 3 N–H and O–H groups in total. The number of nitrogens with zero attached hydrogens (tertiary/aromatic N) is 4.